The predicted molar refractivity (Wildman–Crippen MR) is 108 cm³/mol. The van der Waals surface area contributed by atoms with Gasteiger partial charge in [0, 0.05) is 29.7 Å². The van der Waals surface area contributed by atoms with Gasteiger partial charge in [-0.2, -0.15) is 0 Å². The number of hydrogen-bond acceptors (Lipinski definition) is 3. The van der Waals surface area contributed by atoms with Crippen molar-refractivity contribution in [2.75, 3.05) is 4.90 Å². The molecular weight excluding hydrogens is 426 g/mol. The number of fused-ring (bicyclic) bond motifs is 1. The van der Waals surface area contributed by atoms with E-state index >= 15 is 0 Å². The second-order valence-electron chi connectivity index (χ2n) is 6.86. The molecule has 0 bridgehead atoms. The van der Waals surface area contributed by atoms with Crippen molar-refractivity contribution in [2.24, 2.45) is 0 Å². The fourth-order valence-electron chi connectivity index (χ4n) is 3.49. The lowest BCUT2D eigenvalue weighted by atomic mass is 10.1. The van der Waals surface area contributed by atoms with E-state index in [9.17, 15) is 17.6 Å². The third kappa shape index (κ3) is 3.89. The van der Waals surface area contributed by atoms with Crippen molar-refractivity contribution in [3.05, 3.63) is 57.3 Å². The van der Waals surface area contributed by atoms with E-state index in [2.05, 4.69) is 4.72 Å². The molecule has 2 unspecified atom stereocenters. The quantitative estimate of drug-likeness (QED) is 0.707. The number of sulfonamides is 1. The van der Waals surface area contributed by atoms with E-state index in [0.29, 0.717) is 6.42 Å². The summed E-state index contributed by atoms with van der Waals surface area (Å²) in [6.45, 7) is 4.96. The van der Waals surface area contributed by atoms with Gasteiger partial charge in [0.2, 0.25) is 15.9 Å². The van der Waals surface area contributed by atoms with Gasteiger partial charge in [-0.3, -0.25) is 4.79 Å². The molecule has 9 heteroatoms. The van der Waals surface area contributed by atoms with Gasteiger partial charge in [0.15, 0.2) is 0 Å². The summed E-state index contributed by atoms with van der Waals surface area (Å²) in [6.07, 6.45) is 0.571. The number of amides is 1. The molecule has 2 aromatic rings. The van der Waals surface area contributed by atoms with Gasteiger partial charge in [-0.05, 0) is 61.7 Å². The monoisotopic (exact) mass is 444 g/mol. The first-order valence-electron chi connectivity index (χ1n) is 8.60. The summed E-state index contributed by atoms with van der Waals surface area (Å²) in [5.41, 5.74) is 1.79. The van der Waals surface area contributed by atoms with E-state index < -0.39 is 21.9 Å². The lowest BCUT2D eigenvalue weighted by Gasteiger charge is -2.21. The van der Waals surface area contributed by atoms with Crippen molar-refractivity contribution >= 4 is 44.8 Å². The van der Waals surface area contributed by atoms with Gasteiger partial charge in [-0.25, -0.2) is 17.5 Å². The maximum Gasteiger partial charge on any atom is 0.241 e. The minimum Gasteiger partial charge on any atom is -0.309 e. The number of hydrogen-bond donors (Lipinski definition) is 1. The van der Waals surface area contributed by atoms with E-state index in [-0.39, 0.29) is 32.5 Å². The standard InChI is InChI=1S/C19H19Cl2FN2O3S/c1-10-6-13-7-14(4-5-19(13)24(10)12(3)25)28(26,27)23-11(2)15-8-18(22)17(21)9-16(15)20/h4-5,7-11,23H,6H2,1-3H3. The van der Waals surface area contributed by atoms with Crippen LogP contribution in [0.4, 0.5) is 10.1 Å². The van der Waals surface area contributed by atoms with Crippen LogP contribution in [0.25, 0.3) is 0 Å². The number of benzene rings is 2. The van der Waals surface area contributed by atoms with Crippen LogP contribution in [0.5, 0.6) is 0 Å². The van der Waals surface area contributed by atoms with Crippen LogP contribution in [0, 0.1) is 5.82 Å². The SMILES string of the molecule is CC(=O)N1c2ccc(S(=O)(=O)NC(C)c3cc(F)c(Cl)cc3Cl)cc2CC1C. The molecular formula is C19H19Cl2FN2O3S. The summed E-state index contributed by atoms with van der Waals surface area (Å²) in [5.74, 6) is -0.768. The van der Waals surface area contributed by atoms with Crippen molar-refractivity contribution in [3.63, 3.8) is 0 Å². The number of anilines is 1. The van der Waals surface area contributed by atoms with E-state index in [1.54, 1.807) is 24.0 Å². The van der Waals surface area contributed by atoms with Crippen LogP contribution in [-0.4, -0.2) is 20.4 Å². The molecule has 3 rings (SSSR count). The number of carbonyl (C=O) groups excluding carboxylic acids is 1. The van der Waals surface area contributed by atoms with Crippen molar-refractivity contribution in [1.29, 1.82) is 0 Å². The van der Waals surface area contributed by atoms with Crippen molar-refractivity contribution in [2.45, 2.75) is 44.2 Å². The molecule has 1 heterocycles. The van der Waals surface area contributed by atoms with E-state index in [0.717, 1.165) is 17.3 Å². The van der Waals surface area contributed by atoms with Crippen LogP contribution < -0.4 is 9.62 Å². The van der Waals surface area contributed by atoms with Gasteiger partial charge in [0.25, 0.3) is 0 Å². The third-order valence-corrected chi connectivity index (χ3v) is 6.91. The number of rotatable bonds is 4. The highest BCUT2D eigenvalue weighted by Crippen LogP contribution is 2.34. The Bertz CT molecular complexity index is 1060. The van der Waals surface area contributed by atoms with E-state index in [1.807, 2.05) is 6.92 Å². The number of nitrogens with zero attached hydrogens (tertiary/aromatic N) is 1. The molecule has 0 radical (unpaired) electrons. The molecule has 0 aromatic heterocycles. The molecule has 2 aromatic carbocycles. The average Bonchev–Trinajstić information content (AvgIpc) is 2.92. The number of nitrogens with one attached hydrogen (secondary N) is 1. The summed E-state index contributed by atoms with van der Waals surface area (Å²) in [7, 11) is -3.89. The Balaban J connectivity index is 1.89. The Morgan fingerprint density at radius 1 is 1.25 bits per heavy atom. The molecule has 0 fully saturated rings. The van der Waals surface area contributed by atoms with Crippen LogP contribution in [-0.2, 0) is 21.2 Å². The summed E-state index contributed by atoms with van der Waals surface area (Å²) in [5, 5.41) is 0.0352. The number of halogens is 3. The smallest absolute Gasteiger partial charge is 0.241 e. The highest BCUT2D eigenvalue weighted by atomic mass is 35.5. The second-order valence-corrected chi connectivity index (χ2v) is 9.39. The minimum atomic E-state index is -3.89. The molecule has 1 N–H and O–H groups in total. The lowest BCUT2D eigenvalue weighted by molar-refractivity contribution is -0.116. The summed E-state index contributed by atoms with van der Waals surface area (Å²) in [4.78, 5) is 13.6. The Morgan fingerprint density at radius 3 is 2.57 bits per heavy atom. The zero-order valence-electron chi connectivity index (χ0n) is 15.5. The normalized spacial score (nSPS) is 17.5. The van der Waals surface area contributed by atoms with Crippen molar-refractivity contribution < 1.29 is 17.6 Å². The van der Waals surface area contributed by atoms with Crippen LogP contribution in [0.2, 0.25) is 10.0 Å². The summed E-state index contributed by atoms with van der Waals surface area (Å²) in [6, 6.07) is 6.20. The van der Waals surface area contributed by atoms with Crippen LogP contribution >= 0.6 is 23.2 Å². The Kier molecular flexibility index (Phi) is 5.74. The molecule has 0 saturated carbocycles. The fraction of sp³-hybridized carbons (Fsp3) is 0.316. The molecule has 1 aliphatic heterocycles. The molecule has 5 nitrogen and oxygen atoms in total. The van der Waals surface area contributed by atoms with Gasteiger partial charge < -0.3 is 4.90 Å². The third-order valence-electron chi connectivity index (χ3n) is 4.75. The molecule has 0 saturated heterocycles. The van der Waals surface area contributed by atoms with Gasteiger partial charge in [-0.15, -0.1) is 0 Å². The Hall–Kier alpha value is -1.67. The molecule has 1 aliphatic rings. The Morgan fingerprint density at radius 2 is 1.93 bits per heavy atom. The molecule has 0 spiro atoms. The molecule has 2 atom stereocenters. The molecule has 150 valence electrons. The topological polar surface area (TPSA) is 66.5 Å². The molecule has 0 aliphatic carbocycles. The van der Waals surface area contributed by atoms with Gasteiger partial charge in [0.05, 0.1) is 9.92 Å². The summed E-state index contributed by atoms with van der Waals surface area (Å²) < 4.78 is 41.9. The average molecular weight is 445 g/mol. The fourth-order valence-corrected chi connectivity index (χ4v) is 5.31. The first-order valence-corrected chi connectivity index (χ1v) is 10.8. The van der Waals surface area contributed by atoms with E-state index in [4.69, 9.17) is 23.2 Å². The summed E-state index contributed by atoms with van der Waals surface area (Å²) >= 11 is 11.8. The van der Waals surface area contributed by atoms with Gasteiger partial charge in [-0.1, -0.05) is 23.2 Å². The van der Waals surface area contributed by atoms with Crippen LogP contribution in [0.3, 0.4) is 0 Å². The van der Waals surface area contributed by atoms with Crippen molar-refractivity contribution in [3.8, 4) is 0 Å². The van der Waals surface area contributed by atoms with E-state index in [1.165, 1.54) is 19.1 Å². The zero-order valence-corrected chi connectivity index (χ0v) is 17.8. The lowest BCUT2D eigenvalue weighted by Crippen LogP contribution is -2.33. The second kappa shape index (κ2) is 7.63. The highest BCUT2D eigenvalue weighted by molar-refractivity contribution is 7.89. The maximum atomic E-state index is 13.8. The number of carbonyl (C=O) groups is 1. The highest BCUT2D eigenvalue weighted by Gasteiger charge is 2.30. The maximum absolute atomic E-state index is 13.8. The van der Waals surface area contributed by atoms with Crippen LogP contribution in [0.1, 0.15) is 37.9 Å². The van der Waals surface area contributed by atoms with Gasteiger partial charge >= 0.3 is 0 Å². The first-order chi connectivity index (χ1) is 13.0. The molecule has 28 heavy (non-hydrogen) atoms. The van der Waals surface area contributed by atoms with Crippen molar-refractivity contribution in [1.82, 2.24) is 4.72 Å². The molecule has 1 amide bonds. The Labute approximate surface area is 173 Å². The largest absolute Gasteiger partial charge is 0.309 e. The van der Waals surface area contributed by atoms with Gasteiger partial charge in [0.1, 0.15) is 5.82 Å². The van der Waals surface area contributed by atoms with Crippen LogP contribution in [0.15, 0.2) is 35.2 Å². The zero-order chi connectivity index (χ0) is 20.8. The predicted octanol–water partition coefficient (Wildman–Crippen LogP) is 4.47. The minimum absolute atomic E-state index is 0.0341. The first kappa shape index (κ1) is 21.0.